The fourth-order valence-corrected chi connectivity index (χ4v) is 2.80. The van der Waals surface area contributed by atoms with Gasteiger partial charge in [-0.25, -0.2) is 4.39 Å². The summed E-state index contributed by atoms with van der Waals surface area (Å²) in [5, 5.41) is 3.42. The molecule has 0 spiro atoms. The first kappa shape index (κ1) is 15.7. The molecule has 0 amide bonds. The molecule has 0 aliphatic heterocycles. The quantitative estimate of drug-likeness (QED) is 0.687. The second kappa shape index (κ2) is 6.83. The molecule has 2 atom stereocenters. The molecule has 20 heavy (non-hydrogen) atoms. The van der Waals surface area contributed by atoms with Crippen molar-refractivity contribution in [1.82, 2.24) is 5.32 Å². The molecule has 2 rings (SSSR count). The maximum absolute atomic E-state index is 13.9. The summed E-state index contributed by atoms with van der Waals surface area (Å²) in [4.78, 5) is 0. The molecule has 0 saturated carbocycles. The lowest BCUT2D eigenvalue weighted by Crippen LogP contribution is -2.23. The molecule has 0 bridgehead atoms. The monoisotopic (exact) mass is 399 g/mol. The maximum atomic E-state index is 13.9. The molecule has 0 saturated heterocycles. The van der Waals surface area contributed by atoms with Crippen LogP contribution in [0.4, 0.5) is 4.39 Å². The van der Waals surface area contributed by atoms with Gasteiger partial charge in [-0.3, -0.25) is 0 Å². The highest BCUT2D eigenvalue weighted by Gasteiger charge is 2.14. The standard InChI is InChI=1S/C16H16Br2FN/c1-10(12-3-5-13(17)6-4-12)20-11(2)15-9-14(18)7-8-16(15)19/h3-11,20H,1-2H3/t10-,11?/m0/s1. The van der Waals surface area contributed by atoms with E-state index in [4.69, 9.17) is 0 Å². The van der Waals surface area contributed by atoms with Crippen LogP contribution in [0.3, 0.4) is 0 Å². The van der Waals surface area contributed by atoms with E-state index >= 15 is 0 Å². The first-order valence-electron chi connectivity index (χ1n) is 6.44. The summed E-state index contributed by atoms with van der Waals surface area (Å²) in [5.74, 6) is -0.184. The van der Waals surface area contributed by atoms with Crippen molar-refractivity contribution in [3.05, 3.63) is 68.4 Å². The Morgan fingerprint density at radius 3 is 2.15 bits per heavy atom. The summed E-state index contributed by atoms with van der Waals surface area (Å²) in [6.45, 7) is 4.05. The van der Waals surface area contributed by atoms with Crippen molar-refractivity contribution in [3.63, 3.8) is 0 Å². The lowest BCUT2D eigenvalue weighted by Gasteiger charge is -2.21. The molecule has 1 nitrogen and oxygen atoms in total. The van der Waals surface area contributed by atoms with Crippen molar-refractivity contribution in [3.8, 4) is 0 Å². The lowest BCUT2D eigenvalue weighted by molar-refractivity contribution is 0.473. The van der Waals surface area contributed by atoms with E-state index in [2.05, 4.69) is 56.2 Å². The van der Waals surface area contributed by atoms with Gasteiger partial charge >= 0.3 is 0 Å². The number of nitrogens with one attached hydrogen (secondary N) is 1. The van der Waals surface area contributed by atoms with Crippen molar-refractivity contribution >= 4 is 31.9 Å². The van der Waals surface area contributed by atoms with Gasteiger partial charge in [0.1, 0.15) is 5.82 Å². The second-order valence-electron chi connectivity index (χ2n) is 4.83. The van der Waals surface area contributed by atoms with E-state index < -0.39 is 0 Å². The van der Waals surface area contributed by atoms with Crippen molar-refractivity contribution < 1.29 is 4.39 Å². The predicted molar refractivity (Wildman–Crippen MR) is 88.2 cm³/mol. The normalized spacial score (nSPS) is 14.1. The van der Waals surface area contributed by atoms with Crippen LogP contribution in [0.1, 0.15) is 37.1 Å². The summed E-state index contributed by atoms with van der Waals surface area (Å²) < 4.78 is 15.8. The zero-order valence-electron chi connectivity index (χ0n) is 11.3. The highest BCUT2D eigenvalue weighted by Crippen LogP contribution is 2.25. The van der Waals surface area contributed by atoms with Crippen molar-refractivity contribution in [2.45, 2.75) is 25.9 Å². The van der Waals surface area contributed by atoms with E-state index in [0.29, 0.717) is 5.56 Å². The summed E-state index contributed by atoms with van der Waals surface area (Å²) in [6.07, 6.45) is 0. The molecular formula is C16H16Br2FN. The SMILES string of the molecule is CC(N[C@@H](C)c1ccc(Br)cc1)c1cc(Br)ccc1F. The van der Waals surface area contributed by atoms with Gasteiger partial charge in [0.05, 0.1) is 0 Å². The minimum Gasteiger partial charge on any atom is -0.304 e. The lowest BCUT2D eigenvalue weighted by atomic mass is 10.0. The summed E-state index contributed by atoms with van der Waals surface area (Å²) in [7, 11) is 0. The Hall–Kier alpha value is -0.710. The Morgan fingerprint density at radius 1 is 0.900 bits per heavy atom. The maximum Gasteiger partial charge on any atom is 0.128 e. The van der Waals surface area contributed by atoms with Crippen LogP contribution >= 0.6 is 31.9 Å². The van der Waals surface area contributed by atoms with Gasteiger partial charge in [0.15, 0.2) is 0 Å². The smallest absolute Gasteiger partial charge is 0.128 e. The number of hydrogen-bond acceptors (Lipinski definition) is 1. The van der Waals surface area contributed by atoms with Gasteiger partial charge in [0.25, 0.3) is 0 Å². The highest BCUT2D eigenvalue weighted by molar-refractivity contribution is 9.10. The molecule has 0 radical (unpaired) electrons. The first-order valence-corrected chi connectivity index (χ1v) is 8.02. The molecule has 0 aliphatic carbocycles. The van der Waals surface area contributed by atoms with Crippen molar-refractivity contribution in [1.29, 1.82) is 0 Å². The van der Waals surface area contributed by atoms with Gasteiger partial charge < -0.3 is 5.32 Å². The van der Waals surface area contributed by atoms with Crippen LogP contribution in [0.15, 0.2) is 51.4 Å². The molecule has 0 aliphatic rings. The largest absolute Gasteiger partial charge is 0.304 e. The molecule has 1 N–H and O–H groups in total. The summed E-state index contributed by atoms with van der Waals surface area (Å²) >= 11 is 6.81. The zero-order valence-corrected chi connectivity index (χ0v) is 14.5. The van der Waals surface area contributed by atoms with Crippen LogP contribution in [0.2, 0.25) is 0 Å². The van der Waals surface area contributed by atoms with Gasteiger partial charge in [-0.1, -0.05) is 44.0 Å². The van der Waals surface area contributed by atoms with Crippen LogP contribution in [-0.2, 0) is 0 Å². The molecule has 4 heteroatoms. The van der Waals surface area contributed by atoms with Crippen molar-refractivity contribution in [2.24, 2.45) is 0 Å². The van der Waals surface area contributed by atoms with E-state index in [0.717, 1.165) is 8.95 Å². The van der Waals surface area contributed by atoms with E-state index in [1.807, 2.05) is 25.1 Å². The molecular weight excluding hydrogens is 385 g/mol. The second-order valence-corrected chi connectivity index (χ2v) is 6.66. The summed E-state index contributed by atoms with van der Waals surface area (Å²) in [5.41, 5.74) is 1.85. The van der Waals surface area contributed by atoms with Gasteiger partial charge in [-0.15, -0.1) is 0 Å². The fraction of sp³-hybridized carbons (Fsp3) is 0.250. The van der Waals surface area contributed by atoms with Crippen LogP contribution in [-0.4, -0.2) is 0 Å². The minimum atomic E-state index is -0.184. The highest BCUT2D eigenvalue weighted by atomic mass is 79.9. The molecule has 106 valence electrons. The van der Waals surface area contributed by atoms with E-state index in [-0.39, 0.29) is 17.9 Å². The number of hydrogen-bond donors (Lipinski definition) is 1. The first-order chi connectivity index (χ1) is 9.47. The number of rotatable bonds is 4. The zero-order chi connectivity index (χ0) is 14.7. The van der Waals surface area contributed by atoms with Crippen LogP contribution < -0.4 is 5.32 Å². The van der Waals surface area contributed by atoms with Gasteiger partial charge in [0.2, 0.25) is 0 Å². The molecule has 2 aromatic carbocycles. The topological polar surface area (TPSA) is 12.0 Å². The predicted octanol–water partition coefficient (Wildman–Crippen LogP) is 5.76. The average Bonchev–Trinajstić information content (AvgIpc) is 2.42. The van der Waals surface area contributed by atoms with Crippen LogP contribution in [0, 0.1) is 5.82 Å². The van der Waals surface area contributed by atoms with E-state index in [1.165, 1.54) is 11.6 Å². The van der Waals surface area contributed by atoms with E-state index in [1.54, 1.807) is 6.07 Å². The molecule has 0 aromatic heterocycles. The minimum absolute atomic E-state index is 0.0638. The van der Waals surface area contributed by atoms with Gasteiger partial charge in [0, 0.05) is 26.6 Å². The third-order valence-corrected chi connectivity index (χ3v) is 4.32. The fourth-order valence-electron chi connectivity index (χ4n) is 2.16. The average molecular weight is 401 g/mol. The molecule has 0 heterocycles. The van der Waals surface area contributed by atoms with Crippen LogP contribution in [0.5, 0.6) is 0 Å². The number of benzene rings is 2. The Kier molecular flexibility index (Phi) is 5.35. The molecule has 0 fully saturated rings. The third kappa shape index (κ3) is 3.90. The summed E-state index contributed by atoms with van der Waals surface area (Å²) in [6, 6.07) is 13.3. The van der Waals surface area contributed by atoms with Crippen molar-refractivity contribution in [2.75, 3.05) is 0 Å². The number of halogens is 3. The Morgan fingerprint density at radius 2 is 1.50 bits per heavy atom. The van der Waals surface area contributed by atoms with E-state index in [9.17, 15) is 4.39 Å². The van der Waals surface area contributed by atoms with Gasteiger partial charge in [-0.2, -0.15) is 0 Å². The Bertz CT molecular complexity index is 584. The Balaban J connectivity index is 2.12. The molecule has 2 aromatic rings. The molecule has 1 unspecified atom stereocenters. The Labute approximate surface area is 135 Å². The van der Waals surface area contributed by atoms with Gasteiger partial charge in [-0.05, 0) is 49.7 Å². The van der Waals surface area contributed by atoms with Crippen LogP contribution in [0.25, 0.3) is 0 Å². The third-order valence-electron chi connectivity index (χ3n) is 3.29.